The molecule has 1 heterocycles. The molecular formula is C14H16BrN3S2. The van der Waals surface area contributed by atoms with Crippen LogP contribution in [0.5, 0.6) is 0 Å². The van der Waals surface area contributed by atoms with Gasteiger partial charge in [0.25, 0.3) is 0 Å². The number of halogens is 1. The largest absolute Gasteiger partial charge is 0.389 e. The summed E-state index contributed by atoms with van der Waals surface area (Å²) in [7, 11) is 0. The molecule has 2 aromatic rings. The summed E-state index contributed by atoms with van der Waals surface area (Å²) < 4.78 is 0.877. The predicted octanol–water partition coefficient (Wildman–Crippen LogP) is 4.58. The van der Waals surface area contributed by atoms with E-state index in [0.29, 0.717) is 4.99 Å². The number of nitrogens with one attached hydrogen (secondary N) is 1. The number of nitrogens with two attached hydrogens (primary N) is 1. The van der Waals surface area contributed by atoms with Crippen molar-refractivity contribution in [1.82, 2.24) is 4.98 Å². The van der Waals surface area contributed by atoms with Crippen LogP contribution < -0.4 is 11.1 Å². The maximum atomic E-state index is 5.79. The number of thiocarbonyl (C=S) groups is 1. The summed E-state index contributed by atoms with van der Waals surface area (Å²) in [6.07, 6.45) is 0. The second kappa shape index (κ2) is 5.79. The molecule has 2 rings (SSSR count). The van der Waals surface area contributed by atoms with E-state index in [-0.39, 0.29) is 5.41 Å². The van der Waals surface area contributed by atoms with Crippen LogP contribution >= 0.6 is 39.5 Å². The Bertz CT molecular complexity index is 644. The van der Waals surface area contributed by atoms with Gasteiger partial charge in [-0.05, 0) is 28.1 Å². The van der Waals surface area contributed by atoms with E-state index < -0.39 is 0 Å². The molecule has 0 aliphatic heterocycles. The number of benzene rings is 1. The number of thiazole rings is 1. The van der Waals surface area contributed by atoms with E-state index in [0.717, 1.165) is 26.5 Å². The SMILES string of the molecule is CC(C)(C)c1csc(Nc2cccc(Br)c2C(N)=S)n1. The summed E-state index contributed by atoms with van der Waals surface area (Å²) in [6.45, 7) is 6.43. The second-order valence-corrected chi connectivity index (χ2v) is 7.59. The maximum absolute atomic E-state index is 5.79. The van der Waals surface area contributed by atoms with Gasteiger partial charge in [0.15, 0.2) is 5.13 Å². The zero-order chi connectivity index (χ0) is 14.9. The van der Waals surface area contributed by atoms with Gasteiger partial charge in [-0.2, -0.15) is 0 Å². The Hall–Kier alpha value is -0.980. The first-order valence-corrected chi connectivity index (χ1v) is 8.18. The first-order valence-electron chi connectivity index (χ1n) is 6.10. The fraction of sp³-hybridized carbons (Fsp3) is 0.286. The molecule has 0 unspecified atom stereocenters. The fourth-order valence-corrected chi connectivity index (χ4v) is 3.55. The van der Waals surface area contributed by atoms with Gasteiger partial charge in [0.1, 0.15) is 4.99 Å². The summed E-state index contributed by atoms with van der Waals surface area (Å²) in [5, 5.41) is 6.21. The van der Waals surface area contributed by atoms with E-state index in [1.54, 1.807) is 11.3 Å². The molecule has 0 spiro atoms. The summed E-state index contributed by atoms with van der Waals surface area (Å²) in [5.74, 6) is 0. The minimum Gasteiger partial charge on any atom is -0.389 e. The molecule has 0 amide bonds. The lowest BCUT2D eigenvalue weighted by molar-refractivity contribution is 0.573. The van der Waals surface area contributed by atoms with Crippen molar-refractivity contribution in [3.8, 4) is 0 Å². The van der Waals surface area contributed by atoms with E-state index in [4.69, 9.17) is 18.0 Å². The summed E-state index contributed by atoms with van der Waals surface area (Å²) in [5.41, 5.74) is 8.56. The van der Waals surface area contributed by atoms with Crippen molar-refractivity contribution in [1.29, 1.82) is 0 Å². The lowest BCUT2D eigenvalue weighted by atomic mass is 9.93. The van der Waals surface area contributed by atoms with E-state index in [1.807, 2.05) is 18.2 Å². The number of hydrogen-bond donors (Lipinski definition) is 2. The van der Waals surface area contributed by atoms with Gasteiger partial charge in [-0.1, -0.05) is 39.1 Å². The lowest BCUT2D eigenvalue weighted by Gasteiger charge is -2.14. The highest BCUT2D eigenvalue weighted by molar-refractivity contribution is 9.10. The Balaban J connectivity index is 2.34. The molecule has 0 saturated heterocycles. The van der Waals surface area contributed by atoms with Crippen LogP contribution in [0.25, 0.3) is 0 Å². The molecule has 0 saturated carbocycles. The highest BCUT2D eigenvalue weighted by atomic mass is 79.9. The Morgan fingerprint density at radius 3 is 2.65 bits per heavy atom. The van der Waals surface area contributed by atoms with Crippen LogP contribution in [-0.2, 0) is 5.41 Å². The van der Waals surface area contributed by atoms with Gasteiger partial charge >= 0.3 is 0 Å². The van der Waals surface area contributed by atoms with E-state index in [9.17, 15) is 0 Å². The fourth-order valence-electron chi connectivity index (χ4n) is 1.67. The van der Waals surface area contributed by atoms with Crippen LogP contribution in [0.3, 0.4) is 0 Å². The molecule has 0 atom stereocenters. The molecule has 0 aliphatic carbocycles. The normalized spacial score (nSPS) is 11.4. The van der Waals surface area contributed by atoms with Crippen molar-refractivity contribution >= 4 is 55.3 Å². The molecule has 3 N–H and O–H groups in total. The van der Waals surface area contributed by atoms with Crippen LogP contribution in [0.1, 0.15) is 32.0 Å². The molecular weight excluding hydrogens is 354 g/mol. The third-order valence-electron chi connectivity index (χ3n) is 2.77. The Morgan fingerprint density at radius 1 is 1.40 bits per heavy atom. The van der Waals surface area contributed by atoms with Crippen molar-refractivity contribution in [2.24, 2.45) is 5.73 Å². The third kappa shape index (κ3) is 3.37. The van der Waals surface area contributed by atoms with Gasteiger partial charge in [-0.3, -0.25) is 0 Å². The van der Waals surface area contributed by atoms with E-state index >= 15 is 0 Å². The standard InChI is InChI=1S/C14H16BrN3S2/c1-14(2,3)10-7-20-13(18-10)17-9-6-4-5-8(15)11(9)12(16)19/h4-7H,1-3H3,(H2,16,19)(H,17,18). The molecule has 1 aromatic carbocycles. The van der Waals surface area contributed by atoms with E-state index in [1.165, 1.54) is 0 Å². The van der Waals surface area contributed by atoms with Gasteiger partial charge in [0.2, 0.25) is 0 Å². The second-order valence-electron chi connectivity index (χ2n) is 5.44. The summed E-state index contributed by atoms with van der Waals surface area (Å²) >= 11 is 10.2. The Labute approximate surface area is 136 Å². The van der Waals surface area contributed by atoms with Crippen molar-refractivity contribution in [3.63, 3.8) is 0 Å². The molecule has 0 aliphatic rings. The molecule has 1 aromatic heterocycles. The lowest BCUT2D eigenvalue weighted by Crippen LogP contribution is -2.13. The topological polar surface area (TPSA) is 50.9 Å². The zero-order valence-electron chi connectivity index (χ0n) is 11.5. The Kier molecular flexibility index (Phi) is 4.46. The number of anilines is 2. The van der Waals surface area contributed by atoms with Crippen LogP contribution in [-0.4, -0.2) is 9.97 Å². The summed E-state index contributed by atoms with van der Waals surface area (Å²) in [4.78, 5) is 4.97. The molecule has 20 heavy (non-hydrogen) atoms. The van der Waals surface area contributed by atoms with Crippen molar-refractivity contribution in [2.45, 2.75) is 26.2 Å². The van der Waals surface area contributed by atoms with Crippen molar-refractivity contribution in [2.75, 3.05) is 5.32 Å². The van der Waals surface area contributed by atoms with Crippen LogP contribution in [0.15, 0.2) is 28.1 Å². The van der Waals surface area contributed by atoms with Gasteiger partial charge in [-0.15, -0.1) is 11.3 Å². The Morgan fingerprint density at radius 2 is 2.10 bits per heavy atom. The monoisotopic (exact) mass is 369 g/mol. The predicted molar refractivity (Wildman–Crippen MR) is 94.1 cm³/mol. The quantitative estimate of drug-likeness (QED) is 0.777. The van der Waals surface area contributed by atoms with Crippen LogP contribution in [0.4, 0.5) is 10.8 Å². The molecule has 6 heteroatoms. The zero-order valence-corrected chi connectivity index (χ0v) is 14.7. The van der Waals surface area contributed by atoms with Crippen molar-refractivity contribution in [3.05, 3.63) is 39.3 Å². The number of rotatable bonds is 3. The third-order valence-corrected chi connectivity index (χ3v) is 4.40. The average Bonchev–Trinajstić information content (AvgIpc) is 2.76. The van der Waals surface area contributed by atoms with Gasteiger partial charge in [0.05, 0.1) is 11.4 Å². The number of nitrogens with zero attached hydrogens (tertiary/aromatic N) is 1. The molecule has 106 valence electrons. The van der Waals surface area contributed by atoms with Gasteiger partial charge < -0.3 is 11.1 Å². The highest BCUT2D eigenvalue weighted by Gasteiger charge is 2.18. The minimum atomic E-state index is 0.0414. The van der Waals surface area contributed by atoms with Crippen LogP contribution in [0, 0.1) is 0 Å². The molecule has 0 radical (unpaired) electrons. The average molecular weight is 370 g/mol. The van der Waals surface area contributed by atoms with E-state index in [2.05, 4.69) is 52.4 Å². The first kappa shape index (κ1) is 15.4. The molecule has 0 fully saturated rings. The van der Waals surface area contributed by atoms with Crippen molar-refractivity contribution < 1.29 is 0 Å². The maximum Gasteiger partial charge on any atom is 0.187 e. The number of hydrogen-bond acceptors (Lipinski definition) is 4. The smallest absolute Gasteiger partial charge is 0.187 e. The highest BCUT2D eigenvalue weighted by Crippen LogP contribution is 2.31. The van der Waals surface area contributed by atoms with Crippen LogP contribution in [0.2, 0.25) is 0 Å². The minimum absolute atomic E-state index is 0.0414. The first-order chi connectivity index (χ1) is 9.29. The van der Waals surface area contributed by atoms with Gasteiger partial charge in [0, 0.05) is 20.8 Å². The molecule has 3 nitrogen and oxygen atoms in total. The summed E-state index contributed by atoms with van der Waals surface area (Å²) in [6, 6.07) is 5.80. The number of aromatic nitrogens is 1. The molecule has 0 bridgehead atoms. The van der Waals surface area contributed by atoms with Gasteiger partial charge in [-0.25, -0.2) is 4.98 Å².